The average Bonchev–Trinajstić information content (AvgIpc) is 2.83. The Bertz CT molecular complexity index is 1360. The van der Waals surface area contributed by atoms with E-state index in [1.54, 1.807) is 0 Å². The van der Waals surface area contributed by atoms with Gasteiger partial charge in [0.15, 0.2) is 34.5 Å². The lowest BCUT2D eigenvalue weighted by atomic mass is 10.0. The van der Waals surface area contributed by atoms with Crippen molar-refractivity contribution in [3.05, 3.63) is 76.9 Å². The third kappa shape index (κ3) is 6.26. The molecule has 0 saturated heterocycles. The minimum Gasteiger partial charge on any atom is -0.504 e. The van der Waals surface area contributed by atoms with E-state index in [2.05, 4.69) is 0 Å². The van der Waals surface area contributed by atoms with Crippen molar-refractivity contribution in [2.45, 2.75) is 12.5 Å². The summed E-state index contributed by atoms with van der Waals surface area (Å²) in [7, 11) is 0. The van der Waals surface area contributed by atoms with Crippen LogP contribution in [-0.4, -0.2) is 53.8 Å². The van der Waals surface area contributed by atoms with Crippen LogP contribution >= 0.6 is 0 Å². The third-order valence-corrected chi connectivity index (χ3v) is 5.07. The molecule has 0 fully saturated rings. The maximum atomic E-state index is 12.3. The Labute approximate surface area is 204 Å². The lowest BCUT2D eigenvalue weighted by Crippen LogP contribution is -2.28. The molecule has 0 aliphatic carbocycles. The van der Waals surface area contributed by atoms with Crippen LogP contribution in [0.1, 0.15) is 22.3 Å². The van der Waals surface area contributed by atoms with E-state index in [1.807, 2.05) is 0 Å². The van der Waals surface area contributed by atoms with E-state index in [9.17, 15) is 45.3 Å². The molecule has 0 unspecified atom stereocenters. The van der Waals surface area contributed by atoms with Crippen LogP contribution in [0.15, 0.2) is 54.6 Å². The molecule has 0 heterocycles. The molecular formula is C26H22O10. The van der Waals surface area contributed by atoms with E-state index in [0.717, 1.165) is 12.1 Å². The average molecular weight is 494 g/mol. The number of esters is 1. The Morgan fingerprint density at radius 1 is 0.750 bits per heavy atom. The smallest absolute Gasteiger partial charge is 0.345 e. The molecule has 36 heavy (non-hydrogen) atoms. The second-order valence-electron chi connectivity index (χ2n) is 7.64. The van der Waals surface area contributed by atoms with Gasteiger partial charge >= 0.3 is 11.9 Å². The van der Waals surface area contributed by atoms with Crippen molar-refractivity contribution in [2.24, 2.45) is 0 Å². The van der Waals surface area contributed by atoms with Crippen LogP contribution < -0.4 is 0 Å². The first-order valence-corrected chi connectivity index (χ1v) is 10.4. The summed E-state index contributed by atoms with van der Waals surface area (Å²) in [4.78, 5) is 23.9. The van der Waals surface area contributed by atoms with Crippen LogP contribution in [0.4, 0.5) is 0 Å². The van der Waals surface area contributed by atoms with E-state index in [0.29, 0.717) is 11.1 Å². The van der Waals surface area contributed by atoms with Crippen LogP contribution in [0, 0.1) is 0 Å². The number of carbonyl (C=O) groups excluding carboxylic acids is 1. The van der Waals surface area contributed by atoms with Gasteiger partial charge in [0, 0.05) is 18.1 Å². The normalized spacial score (nSPS) is 12.1. The molecule has 1 atom stereocenters. The zero-order valence-electron chi connectivity index (χ0n) is 18.6. The fourth-order valence-corrected chi connectivity index (χ4v) is 3.18. The van der Waals surface area contributed by atoms with Gasteiger partial charge in [-0.15, -0.1) is 0 Å². The lowest BCUT2D eigenvalue weighted by molar-refractivity contribution is -0.160. The van der Waals surface area contributed by atoms with Gasteiger partial charge in [-0.25, -0.2) is 9.59 Å². The SMILES string of the molecule is O=C(/C=C\c1ccc(O)c(O)c1/C=C\c1ccc(O)c(O)c1)O[C@H](Cc1ccc(O)c(O)c1)C(=O)O. The summed E-state index contributed by atoms with van der Waals surface area (Å²) >= 11 is 0. The zero-order chi connectivity index (χ0) is 26.4. The number of phenolic OH excluding ortho intramolecular Hbond substituents is 6. The number of benzene rings is 3. The van der Waals surface area contributed by atoms with Crippen LogP contribution in [-0.2, 0) is 20.7 Å². The highest BCUT2D eigenvalue weighted by atomic mass is 16.6. The first kappa shape index (κ1) is 25.5. The molecule has 0 aromatic heterocycles. The summed E-state index contributed by atoms with van der Waals surface area (Å²) in [6, 6.07) is 10.4. The van der Waals surface area contributed by atoms with Gasteiger partial charge in [-0.2, -0.15) is 0 Å². The van der Waals surface area contributed by atoms with Crippen molar-refractivity contribution in [2.75, 3.05) is 0 Å². The Morgan fingerprint density at radius 2 is 1.39 bits per heavy atom. The van der Waals surface area contributed by atoms with Crippen molar-refractivity contribution in [3.8, 4) is 34.5 Å². The molecule has 0 aliphatic rings. The molecule has 7 N–H and O–H groups in total. The molecule has 10 heteroatoms. The Kier molecular flexibility index (Phi) is 7.70. The van der Waals surface area contributed by atoms with E-state index in [1.165, 1.54) is 60.7 Å². The number of ether oxygens (including phenoxy) is 1. The number of carbonyl (C=O) groups is 2. The number of hydrogen-bond acceptors (Lipinski definition) is 9. The van der Waals surface area contributed by atoms with Gasteiger partial charge in [-0.3, -0.25) is 0 Å². The number of aromatic hydroxyl groups is 6. The molecule has 0 saturated carbocycles. The molecule has 3 aromatic rings. The fourth-order valence-electron chi connectivity index (χ4n) is 3.18. The number of aliphatic carboxylic acids is 1. The van der Waals surface area contributed by atoms with E-state index >= 15 is 0 Å². The van der Waals surface area contributed by atoms with Crippen LogP contribution in [0.25, 0.3) is 18.2 Å². The topological polar surface area (TPSA) is 185 Å². The van der Waals surface area contributed by atoms with Gasteiger partial charge in [0.25, 0.3) is 0 Å². The van der Waals surface area contributed by atoms with Gasteiger partial charge in [0.05, 0.1) is 0 Å². The van der Waals surface area contributed by atoms with Gasteiger partial charge < -0.3 is 40.5 Å². The van der Waals surface area contributed by atoms with Crippen molar-refractivity contribution >= 4 is 30.2 Å². The molecule has 0 spiro atoms. The Balaban J connectivity index is 1.79. The molecule has 10 nitrogen and oxygen atoms in total. The summed E-state index contributed by atoms with van der Waals surface area (Å²) in [5.41, 5.74) is 1.16. The predicted molar refractivity (Wildman–Crippen MR) is 128 cm³/mol. The number of hydrogen-bond donors (Lipinski definition) is 7. The molecule has 186 valence electrons. The summed E-state index contributed by atoms with van der Waals surface area (Å²) in [6.07, 6.45) is 3.23. The van der Waals surface area contributed by atoms with Crippen molar-refractivity contribution in [3.63, 3.8) is 0 Å². The lowest BCUT2D eigenvalue weighted by Gasteiger charge is -2.13. The van der Waals surface area contributed by atoms with Gasteiger partial charge in [0.1, 0.15) is 0 Å². The Morgan fingerprint density at radius 3 is 2.03 bits per heavy atom. The minimum atomic E-state index is -1.58. The second-order valence-corrected chi connectivity index (χ2v) is 7.64. The molecule has 0 amide bonds. The largest absolute Gasteiger partial charge is 0.504 e. The summed E-state index contributed by atoms with van der Waals surface area (Å²) in [6.45, 7) is 0. The number of phenols is 6. The van der Waals surface area contributed by atoms with Crippen LogP contribution in [0.3, 0.4) is 0 Å². The van der Waals surface area contributed by atoms with E-state index in [-0.39, 0.29) is 34.8 Å². The molecule has 3 rings (SSSR count). The summed E-state index contributed by atoms with van der Waals surface area (Å²) in [5.74, 6) is -4.82. The molecule has 0 aliphatic heterocycles. The molecule has 0 radical (unpaired) electrons. The minimum absolute atomic E-state index is 0.112. The summed E-state index contributed by atoms with van der Waals surface area (Å²) in [5, 5.41) is 67.5. The first-order valence-electron chi connectivity index (χ1n) is 10.4. The van der Waals surface area contributed by atoms with Crippen LogP contribution in [0.5, 0.6) is 34.5 Å². The summed E-state index contributed by atoms with van der Waals surface area (Å²) < 4.78 is 5.00. The van der Waals surface area contributed by atoms with Crippen molar-refractivity contribution in [1.29, 1.82) is 0 Å². The maximum Gasteiger partial charge on any atom is 0.345 e. The predicted octanol–water partition coefficient (Wildman–Crippen LogP) is 3.34. The monoisotopic (exact) mass is 494 g/mol. The second kappa shape index (κ2) is 10.9. The highest BCUT2D eigenvalue weighted by molar-refractivity contribution is 5.91. The molecule has 0 bridgehead atoms. The molecular weight excluding hydrogens is 472 g/mol. The standard InChI is InChI=1S/C26H22O10/c27-18-7-2-14(11-21(18)30)1-6-17-16(4-9-20(29)25(17)33)5-10-24(32)36-23(26(34)35)13-15-3-8-19(28)22(31)12-15/h1-12,23,27-31,33H,13H2,(H,34,35)/b6-1-,10-5-/t23-/m1/s1. The van der Waals surface area contributed by atoms with Gasteiger partial charge in [-0.05, 0) is 59.2 Å². The highest BCUT2D eigenvalue weighted by Gasteiger charge is 2.22. The number of carboxylic acid groups (broad SMARTS) is 1. The fraction of sp³-hybridized carbons (Fsp3) is 0.0769. The van der Waals surface area contributed by atoms with Crippen molar-refractivity contribution < 1.29 is 50.1 Å². The van der Waals surface area contributed by atoms with E-state index < -0.39 is 35.3 Å². The zero-order valence-corrected chi connectivity index (χ0v) is 18.6. The maximum absolute atomic E-state index is 12.3. The van der Waals surface area contributed by atoms with Gasteiger partial charge in [-0.1, -0.05) is 24.3 Å². The van der Waals surface area contributed by atoms with E-state index in [4.69, 9.17) is 4.74 Å². The number of rotatable bonds is 8. The van der Waals surface area contributed by atoms with Gasteiger partial charge in [0.2, 0.25) is 6.10 Å². The number of carboxylic acids is 1. The van der Waals surface area contributed by atoms with Crippen LogP contribution in [0.2, 0.25) is 0 Å². The molecule has 3 aromatic carbocycles. The highest BCUT2D eigenvalue weighted by Crippen LogP contribution is 2.34. The Hall–Kier alpha value is -5.12. The first-order chi connectivity index (χ1) is 17.0. The van der Waals surface area contributed by atoms with Crippen molar-refractivity contribution in [1.82, 2.24) is 0 Å². The third-order valence-electron chi connectivity index (χ3n) is 5.07. The quantitative estimate of drug-likeness (QED) is 0.106.